The van der Waals surface area contributed by atoms with Gasteiger partial charge in [0.15, 0.2) is 0 Å². The first-order chi connectivity index (χ1) is 12.2. The Labute approximate surface area is 157 Å². The molecule has 0 N–H and O–H groups in total. The van der Waals surface area contributed by atoms with Crippen molar-refractivity contribution in [2.24, 2.45) is 0 Å². The first-order valence-corrected chi connectivity index (χ1v) is 8.97. The molecule has 7 heteroatoms. The molecule has 2 heterocycles. The van der Waals surface area contributed by atoms with Crippen LogP contribution in [0.1, 0.15) is 49.4 Å². The zero-order valence-corrected chi connectivity index (χ0v) is 16.1. The molecule has 2 aromatic rings. The van der Waals surface area contributed by atoms with Gasteiger partial charge in [0.25, 0.3) is 0 Å². The van der Waals surface area contributed by atoms with Crippen LogP contribution in [-0.2, 0) is 22.4 Å². The van der Waals surface area contributed by atoms with Crippen molar-refractivity contribution >= 4 is 34.6 Å². The predicted octanol–water partition coefficient (Wildman–Crippen LogP) is 4.56. The Bertz CT molecular complexity index is 865. The molecule has 0 bridgehead atoms. The first-order valence-electron chi connectivity index (χ1n) is 8.59. The van der Waals surface area contributed by atoms with E-state index in [1.807, 2.05) is 0 Å². The summed E-state index contributed by atoms with van der Waals surface area (Å²) in [7, 11) is 0. The zero-order chi connectivity index (χ0) is 19.1. The van der Waals surface area contributed by atoms with E-state index in [2.05, 4.69) is 0 Å². The molecule has 26 heavy (non-hydrogen) atoms. The molecule has 1 aromatic heterocycles. The molecule has 0 spiro atoms. The van der Waals surface area contributed by atoms with E-state index in [4.69, 9.17) is 25.5 Å². The van der Waals surface area contributed by atoms with Gasteiger partial charge in [-0.3, -0.25) is 0 Å². The van der Waals surface area contributed by atoms with Gasteiger partial charge >= 0.3 is 12.1 Å². The quantitative estimate of drug-likeness (QED) is 0.715. The number of hydrogen-bond donors (Lipinski definition) is 0. The van der Waals surface area contributed by atoms with Crippen molar-refractivity contribution in [3.8, 4) is 0 Å². The third kappa shape index (κ3) is 3.51. The largest absolute Gasteiger partial charge is 0.454 e. The van der Waals surface area contributed by atoms with Crippen molar-refractivity contribution in [2.75, 3.05) is 13.2 Å². The number of carbonyl (C=O) groups is 2. The number of benzene rings is 1. The number of carbonyl (C=O) groups excluding carboxylic acids is 2. The number of nitrogens with zero attached hydrogens (tertiary/aromatic N) is 1. The maximum absolute atomic E-state index is 12.7. The van der Waals surface area contributed by atoms with Crippen LogP contribution in [0.5, 0.6) is 0 Å². The molecule has 0 saturated heterocycles. The molecule has 1 amide bonds. The Kier molecular flexibility index (Phi) is 4.88. The van der Waals surface area contributed by atoms with Gasteiger partial charge in [-0.05, 0) is 51.8 Å². The summed E-state index contributed by atoms with van der Waals surface area (Å²) in [5.74, 6) is -0.453. The summed E-state index contributed by atoms with van der Waals surface area (Å²) in [5.41, 5.74) is 1.38. The standard InChI is InChI=1S/C19H22ClNO5/c1-5-24-18(23)21-9-8-11-13(20)6-7-14-15(11)12(10-21)16(25-14)17(22)26-19(2,3)4/h6-7H,5,8-10H2,1-4H3. The van der Waals surface area contributed by atoms with Crippen LogP contribution in [0.4, 0.5) is 4.79 Å². The van der Waals surface area contributed by atoms with Gasteiger partial charge in [0.1, 0.15) is 11.2 Å². The highest BCUT2D eigenvalue weighted by atomic mass is 35.5. The van der Waals surface area contributed by atoms with Crippen LogP contribution in [0.3, 0.4) is 0 Å². The first kappa shape index (κ1) is 18.6. The van der Waals surface area contributed by atoms with Gasteiger partial charge in [0.05, 0.1) is 13.2 Å². The highest BCUT2D eigenvalue weighted by Gasteiger charge is 2.32. The number of amides is 1. The molecule has 3 rings (SSSR count). The lowest BCUT2D eigenvalue weighted by molar-refractivity contribution is 0.00348. The molecule has 1 aromatic carbocycles. The zero-order valence-electron chi connectivity index (χ0n) is 15.3. The van der Waals surface area contributed by atoms with Crippen LogP contribution in [0.25, 0.3) is 11.0 Å². The van der Waals surface area contributed by atoms with Crippen molar-refractivity contribution in [1.82, 2.24) is 4.90 Å². The Morgan fingerprint density at radius 1 is 1.27 bits per heavy atom. The summed E-state index contributed by atoms with van der Waals surface area (Å²) < 4.78 is 16.4. The minimum atomic E-state index is -0.658. The molecule has 0 saturated carbocycles. The van der Waals surface area contributed by atoms with E-state index in [0.717, 1.165) is 10.9 Å². The summed E-state index contributed by atoms with van der Waals surface area (Å²) in [6.07, 6.45) is 0.121. The lowest BCUT2D eigenvalue weighted by Gasteiger charge is -2.21. The third-order valence-corrected chi connectivity index (χ3v) is 4.45. The predicted molar refractivity (Wildman–Crippen MR) is 97.5 cm³/mol. The second-order valence-electron chi connectivity index (χ2n) is 7.18. The van der Waals surface area contributed by atoms with Gasteiger partial charge in [-0.1, -0.05) is 11.6 Å². The summed E-state index contributed by atoms with van der Waals surface area (Å²) in [6, 6.07) is 3.48. The highest BCUT2D eigenvalue weighted by molar-refractivity contribution is 6.32. The molecule has 0 aliphatic carbocycles. The van der Waals surface area contributed by atoms with Crippen LogP contribution < -0.4 is 0 Å². The van der Waals surface area contributed by atoms with Crippen LogP contribution >= 0.6 is 11.6 Å². The van der Waals surface area contributed by atoms with E-state index >= 15 is 0 Å². The lowest BCUT2D eigenvalue weighted by atomic mass is 10.0. The summed E-state index contributed by atoms with van der Waals surface area (Å²) in [4.78, 5) is 26.5. The molecular weight excluding hydrogens is 358 g/mol. The Balaban J connectivity index is 2.11. The van der Waals surface area contributed by atoms with Crippen LogP contribution in [0.2, 0.25) is 5.02 Å². The number of rotatable bonds is 2. The molecule has 0 unspecified atom stereocenters. The van der Waals surface area contributed by atoms with Crippen molar-refractivity contribution in [1.29, 1.82) is 0 Å². The molecule has 1 aliphatic heterocycles. The number of furan rings is 1. The van der Waals surface area contributed by atoms with Crippen LogP contribution in [0, 0.1) is 0 Å². The number of ether oxygens (including phenoxy) is 2. The van der Waals surface area contributed by atoms with Crippen LogP contribution in [-0.4, -0.2) is 35.7 Å². The van der Waals surface area contributed by atoms with Crippen molar-refractivity contribution < 1.29 is 23.5 Å². The van der Waals surface area contributed by atoms with Crippen LogP contribution in [0.15, 0.2) is 16.5 Å². The fourth-order valence-electron chi connectivity index (χ4n) is 3.07. The van der Waals surface area contributed by atoms with Gasteiger partial charge in [-0.25, -0.2) is 9.59 Å². The smallest absolute Gasteiger partial charge is 0.410 e. The average Bonchev–Trinajstić information content (AvgIpc) is 2.77. The Morgan fingerprint density at radius 3 is 2.65 bits per heavy atom. The topological polar surface area (TPSA) is 69.0 Å². The van der Waals surface area contributed by atoms with Gasteiger partial charge in [0.2, 0.25) is 5.76 Å². The van der Waals surface area contributed by atoms with E-state index < -0.39 is 17.7 Å². The second kappa shape index (κ2) is 6.83. The lowest BCUT2D eigenvalue weighted by Crippen LogP contribution is -2.32. The van der Waals surface area contributed by atoms with E-state index in [-0.39, 0.29) is 18.9 Å². The fourth-order valence-corrected chi connectivity index (χ4v) is 3.33. The summed E-state index contributed by atoms with van der Waals surface area (Å²) in [6.45, 7) is 8.05. The molecule has 1 aliphatic rings. The molecule has 0 radical (unpaired) electrons. The summed E-state index contributed by atoms with van der Waals surface area (Å²) >= 11 is 6.37. The average molecular weight is 380 g/mol. The van der Waals surface area contributed by atoms with Gasteiger partial charge in [0, 0.05) is 22.5 Å². The highest BCUT2D eigenvalue weighted by Crippen LogP contribution is 2.37. The van der Waals surface area contributed by atoms with E-state index in [1.165, 1.54) is 0 Å². The molecular formula is C19H22ClNO5. The van der Waals surface area contributed by atoms with E-state index in [9.17, 15) is 9.59 Å². The molecule has 6 nitrogen and oxygen atoms in total. The molecule has 0 fully saturated rings. The molecule has 0 atom stereocenters. The van der Waals surface area contributed by atoms with Crippen molar-refractivity contribution in [3.63, 3.8) is 0 Å². The normalized spacial score (nSPS) is 14.3. The third-order valence-electron chi connectivity index (χ3n) is 4.10. The minimum Gasteiger partial charge on any atom is -0.454 e. The Hall–Kier alpha value is -2.21. The fraction of sp³-hybridized carbons (Fsp3) is 0.474. The SMILES string of the molecule is CCOC(=O)N1CCc2c(Cl)ccc3oc(C(=O)OC(C)(C)C)c(c23)C1. The molecule has 140 valence electrons. The monoisotopic (exact) mass is 379 g/mol. The van der Waals surface area contributed by atoms with Gasteiger partial charge in [-0.2, -0.15) is 0 Å². The summed E-state index contributed by atoms with van der Waals surface area (Å²) in [5, 5.41) is 1.37. The maximum atomic E-state index is 12.7. The maximum Gasteiger partial charge on any atom is 0.410 e. The van der Waals surface area contributed by atoms with Crippen molar-refractivity contribution in [3.05, 3.63) is 34.0 Å². The minimum absolute atomic E-state index is 0.106. The van der Waals surface area contributed by atoms with E-state index in [1.54, 1.807) is 44.7 Å². The second-order valence-corrected chi connectivity index (χ2v) is 7.59. The number of esters is 1. The Morgan fingerprint density at radius 2 is 2.00 bits per heavy atom. The van der Waals surface area contributed by atoms with Gasteiger partial charge < -0.3 is 18.8 Å². The van der Waals surface area contributed by atoms with Gasteiger partial charge in [-0.15, -0.1) is 0 Å². The number of halogens is 1. The van der Waals surface area contributed by atoms with Crippen molar-refractivity contribution in [2.45, 2.75) is 46.3 Å². The number of hydrogen-bond acceptors (Lipinski definition) is 5. The van der Waals surface area contributed by atoms with E-state index in [0.29, 0.717) is 29.1 Å².